The summed E-state index contributed by atoms with van der Waals surface area (Å²) in [6.45, 7) is -0.0894. The minimum Gasteiger partial charge on any atom is -0.488 e. The number of para-hydroxylation sites is 1. The van der Waals surface area contributed by atoms with Crippen molar-refractivity contribution in [3.8, 4) is 5.75 Å². The Kier molecular flexibility index (Phi) is 4.54. The third kappa shape index (κ3) is 3.57. The van der Waals surface area contributed by atoms with Crippen molar-refractivity contribution in [2.75, 3.05) is 0 Å². The number of nitro groups is 1. The number of ether oxygens (including phenoxy) is 1. The van der Waals surface area contributed by atoms with Gasteiger partial charge in [-0.05, 0) is 24.3 Å². The Hall–Kier alpha value is -2.41. The molecule has 0 fully saturated rings. The quantitative estimate of drug-likeness (QED) is 0.656. The predicted molar refractivity (Wildman–Crippen MR) is 78.5 cm³/mol. The summed E-state index contributed by atoms with van der Waals surface area (Å²) in [4.78, 5) is 21.5. The van der Waals surface area contributed by atoms with Gasteiger partial charge in [-0.3, -0.25) is 10.1 Å². The van der Waals surface area contributed by atoms with Crippen LogP contribution in [0.2, 0.25) is 0 Å². The van der Waals surface area contributed by atoms with Gasteiger partial charge in [-0.25, -0.2) is 4.79 Å². The van der Waals surface area contributed by atoms with Crippen LogP contribution in [0.4, 0.5) is 5.69 Å². The van der Waals surface area contributed by atoms with E-state index in [0.29, 0.717) is 10.0 Å². The topological polar surface area (TPSA) is 89.7 Å². The Morgan fingerprint density at radius 2 is 2.00 bits per heavy atom. The molecule has 0 aromatic heterocycles. The number of aromatic carboxylic acids is 1. The number of carboxylic acid groups (broad SMARTS) is 1. The van der Waals surface area contributed by atoms with Crippen molar-refractivity contribution in [2.45, 2.75) is 6.61 Å². The van der Waals surface area contributed by atoms with E-state index in [2.05, 4.69) is 15.9 Å². The highest BCUT2D eigenvalue weighted by Gasteiger charge is 2.15. The fourth-order valence-electron chi connectivity index (χ4n) is 1.76. The first-order valence-electron chi connectivity index (χ1n) is 5.87. The lowest BCUT2D eigenvalue weighted by molar-refractivity contribution is -0.385. The Labute approximate surface area is 128 Å². The molecule has 6 nitrogen and oxygen atoms in total. The van der Waals surface area contributed by atoms with Crippen molar-refractivity contribution in [1.82, 2.24) is 0 Å². The molecule has 7 heteroatoms. The molecule has 0 heterocycles. The Morgan fingerprint density at radius 1 is 1.29 bits per heavy atom. The van der Waals surface area contributed by atoms with Gasteiger partial charge in [0, 0.05) is 10.5 Å². The summed E-state index contributed by atoms with van der Waals surface area (Å²) in [5, 5.41) is 20.0. The van der Waals surface area contributed by atoms with E-state index in [9.17, 15) is 14.9 Å². The van der Waals surface area contributed by atoms with E-state index < -0.39 is 10.9 Å². The van der Waals surface area contributed by atoms with E-state index in [1.54, 1.807) is 24.3 Å². The van der Waals surface area contributed by atoms with Crippen molar-refractivity contribution in [3.05, 3.63) is 68.2 Å². The van der Waals surface area contributed by atoms with Crippen LogP contribution in [0.25, 0.3) is 0 Å². The highest BCUT2D eigenvalue weighted by Crippen LogP contribution is 2.26. The Bertz CT molecular complexity index is 702. The molecule has 1 N–H and O–H groups in total. The van der Waals surface area contributed by atoms with Gasteiger partial charge in [0.15, 0.2) is 0 Å². The number of carbonyl (C=O) groups is 1. The fraction of sp³-hybridized carbons (Fsp3) is 0.0714. The minimum atomic E-state index is -1.12. The number of carboxylic acids is 1. The number of nitrogens with zero attached hydrogens (tertiary/aromatic N) is 1. The van der Waals surface area contributed by atoms with E-state index in [1.165, 1.54) is 18.2 Å². The lowest BCUT2D eigenvalue weighted by Crippen LogP contribution is -2.05. The number of halogens is 1. The van der Waals surface area contributed by atoms with Gasteiger partial charge in [0.1, 0.15) is 17.9 Å². The first-order chi connectivity index (χ1) is 9.99. The molecule has 0 saturated heterocycles. The second-order valence-electron chi connectivity index (χ2n) is 4.12. The number of benzene rings is 2. The summed E-state index contributed by atoms with van der Waals surface area (Å²) in [5.74, 6) is -0.977. The summed E-state index contributed by atoms with van der Waals surface area (Å²) in [5.41, 5.74) is 0.306. The molecule has 0 atom stereocenters. The molecular weight excluding hydrogens is 342 g/mol. The molecule has 2 aromatic rings. The summed E-state index contributed by atoms with van der Waals surface area (Å²) in [6, 6.07) is 10.7. The van der Waals surface area contributed by atoms with Gasteiger partial charge < -0.3 is 9.84 Å². The van der Waals surface area contributed by atoms with Crippen LogP contribution in [-0.4, -0.2) is 16.0 Å². The first kappa shape index (κ1) is 15.0. The maximum atomic E-state index is 11.1. The molecule has 0 aliphatic rings. The molecule has 0 aliphatic heterocycles. The van der Waals surface area contributed by atoms with Crippen molar-refractivity contribution in [1.29, 1.82) is 0 Å². The Balaban J connectivity index is 2.27. The van der Waals surface area contributed by atoms with Gasteiger partial charge in [0.2, 0.25) is 0 Å². The SMILES string of the molecule is O=C(O)c1ccc(Br)cc1OCc1ccccc1[N+](=O)[O-]. The van der Waals surface area contributed by atoms with Crippen molar-refractivity contribution >= 4 is 27.6 Å². The van der Waals surface area contributed by atoms with Gasteiger partial charge in [0.05, 0.1) is 10.5 Å². The van der Waals surface area contributed by atoms with Crippen LogP contribution < -0.4 is 4.74 Å². The summed E-state index contributed by atoms with van der Waals surface area (Å²) < 4.78 is 6.10. The van der Waals surface area contributed by atoms with Gasteiger partial charge in [0.25, 0.3) is 5.69 Å². The number of hydrogen-bond acceptors (Lipinski definition) is 4. The largest absolute Gasteiger partial charge is 0.488 e. The van der Waals surface area contributed by atoms with Crippen molar-refractivity contribution in [2.24, 2.45) is 0 Å². The maximum absolute atomic E-state index is 11.1. The van der Waals surface area contributed by atoms with Gasteiger partial charge in [-0.2, -0.15) is 0 Å². The molecule has 0 unspecified atom stereocenters. The van der Waals surface area contributed by atoms with E-state index >= 15 is 0 Å². The zero-order chi connectivity index (χ0) is 15.4. The second-order valence-corrected chi connectivity index (χ2v) is 5.04. The fourth-order valence-corrected chi connectivity index (χ4v) is 2.10. The normalized spacial score (nSPS) is 10.1. The second kappa shape index (κ2) is 6.36. The molecular formula is C14H10BrNO5. The van der Waals surface area contributed by atoms with E-state index in [0.717, 1.165) is 0 Å². The summed E-state index contributed by atoms with van der Waals surface area (Å²) in [6.07, 6.45) is 0. The van der Waals surface area contributed by atoms with Crippen molar-refractivity contribution in [3.63, 3.8) is 0 Å². The van der Waals surface area contributed by atoms with Crippen LogP contribution in [0.1, 0.15) is 15.9 Å². The molecule has 108 valence electrons. The molecule has 0 aliphatic carbocycles. The molecule has 0 saturated carbocycles. The molecule has 0 radical (unpaired) electrons. The standard InChI is InChI=1S/C14H10BrNO5/c15-10-5-6-11(14(17)18)13(7-10)21-8-9-3-1-2-4-12(9)16(19)20/h1-7H,8H2,(H,17,18). The van der Waals surface area contributed by atoms with Gasteiger partial charge in [-0.15, -0.1) is 0 Å². The molecule has 0 spiro atoms. The van der Waals surface area contributed by atoms with Crippen LogP contribution in [0.5, 0.6) is 5.75 Å². The molecule has 2 rings (SSSR count). The third-order valence-electron chi connectivity index (χ3n) is 2.75. The van der Waals surface area contributed by atoms with E-state index in [-0.39, 0.29) is 23.6 Å². The van der Waals surface area contributed by atoms with Crippen LogP contribution >= 0.6 is 15.9 Å². The number of hydrogen-bond donors (Lipinski definition) is 1. The van der Waals surface area contributed by atoms with Crippen LogP contribution in [0, 0.1) is 10.1 Å². The zero-order valence-electron chi connectivity index (χ0n) is 10.7. The van der Waals surface area contributed by atoms with E-state index in [4.69, 9.17) is 9.84 Å². The maximum Gasteiger partial charge on any atom is 0.339 e. The zero-order valence-corrected chi connectivity index (χ0v) is 12.2. The summed E-state index contributed by atoms with van der Waals surface area (Å²) in [7, 11) is 0. The van der Waals surface area contributed by atoms with Crippen LogP contribution in [0.3, 0.4) is 0 Å². The van der Waals surface area contributed by atoms with E-state index in [1.807, 2.05) is 0 Å². The van der Waals surface area contributed by atoms with Gasteiger partial charge >= 0.3 is 5.97 Å². The Morgan fingerprint density at radius 3 is 2.67 bits per heavy atom. The molecule has 0 bridgehead atoms. The third-order valence-corrected chi connectivity index (χ3v) is 3.24. The van der Waals surface area contributed by atoms with Crippen LogP contribution in [-0.2, 0) is 6.61 Å². The highest BCUT2D eigenvalue weighted by atomic mass is 79.9. The summed E-state index contributed by atoms with van der Waals surface area (Å²) >= 11 is 3.23. The molecule has 21 heavy (non-hydrogen) atoms. The monoisotopic (exact) mass is 351 g/mol. The molecule has 2 aromatic carbocycles. The minimum absolute atomic E-state index is 0.00298. The average molecular weight is 352 g/mol. The van der Waals surface area contributed by atoms with Crippen molar-refractivity contribution < 1.29 is 19.6 Å². The predicted octanol–water partition coefficient (Wildman–Crippen LogP) is 3.63. The number of rotatable bonds is 5. The highest BCUT2D eigenvalue weighted by molar-refractivity contribution is 9.10. The first-order valence-corrected chi connectivity index (χ1v) is 6.66. The molecule has 0 amide bonds. The van der Waals surface area contributed by atoms with Crippen LogP contribution in [0.15, 0.2) is 46.9 Å². The number of nitro benzene ring substituents is 1. The lowest BCUT2D eigenvalue weighted by Gasteiger charge is -2.10. The average Bonchev–Trinajstić information content (AvgIpc) is 2.45. The lowest BCUT2D eigenvalue weighted by atomic mass is 10.2. The van der Waals surface area contributed by atoms with Gasteiger partial charge in [-0.1, -0.05) is 28.1 Å². The smallest absolute Gasteiger partial charge is 0.339 e.